The summed E-state index contributed by atoms with van der Waals surface area (Å²) in [7, 11) is 1.71. The van der Waals surface area contributed by atoms with Gasteiger partial charge in [-0.3, -0.25) is 4.90 Å². The van der Waals surface area contributed by atoms with Crippen LogP contribution >= 0.6 is 0 Å². The molecular formula is C21H35N3O2. The fraction of sp³-hybridized carbons (Fsp3) is 0.905. The summed E-state index contributed by atoms with van der Waals surface area (Å²) in [5.74, 6) is 3.43. The Morgan fingerprint density at radius 3 is 2.54 bits per heavy atom. The molecule has 0 unspecified atom stereocenters. The Morgan fingerprint density at radius 1 is 1.00 bits per heavy atom. The van der Waals surface area contributed by atoms with E-state index in [1.807, 2.05) is 0 Å². The second-order valence-corrected chi connectivity index (χ2v) is 8.66. The zero-order chi connectivity index (χ0) is 17.8. The van der Waals surface area contributed by atoms with E-state index >= 15 is 0 Å². The topological polar surface area (TPSA) is 51.4 Å². The summed E-state index contributed by atoms with van der Waals surface area (Å²) in [6.45, 7) is 1.50. The van der Waals surface area contributed by atoms with Gasteiger partial charge in [0.15, 0.2) is 5.82 Å². The first-order chi connectivity index (χ1) is 12.8. The fourth-order valence-electron chi connectivity index (χ4n) is 5.39. The van der Waals surface area contributed by atoms with Crippen molar-refractivity contribution in [3.8, 4) is 0 Å². The van der Waals surface area contributed by atoms with Gasteiger partial charge in [-0.1, -0.05) is 50.1 Å². The molecule has 0 aromatic carbocycles. The molecule has 5 nitrogen and oxygen atoms in total. The van der Waals surface area contributed by atoms with Crippen molar-refractivity contribution in [2.75, 3.05) is 13.7 Å². The minimum absolute atomic E-state index is 0.650. The molecule has 1 aromatic rings. The van der Waals surface area contributed by atoms with Gasteiger partial charge in [-0.05, 0) is 37.5 Å². The lowest BCUT2D eigenvalue weighted by molar-refractivity contribution is 0.0390. The van der Waals surface area contributed by atoms with Crippen molar-refractivity contribution in [2.24, 2.45) is 11.8 Å². The quantitative estimate of drug-likeness (QED) is 0.688. The highest BCUT2D eigenvalue weighted by molar-refractivity contribution is 4.97. The van der Waals surface area contributed by atoms with E-state index in [4.69, 9.17) is 9.26 Å². The van der Waals surface area contributed by atoms with Crippen LogP contribution in [0.15, 0.2) is 4.52 Å². The first-order valence-electron chi connectivity index (χ1n) is 10.9. The van der Waals surface area contributed by atoms with Crippen LogP contribution in [0.3, 0.4) is 0 Å². The molecule has 4 rings (SSSR count). The molecule has 0 spiro atoms. The Kier molecular flexibility index (Phi) is 6.26. The number of hydrogen-bond acceptors (Lipinski definition) is 5. The number of rotatable bonds is 8. The number of ether oxygens (including phenoxy) is 1. The Labute approximate surface area is 157 Å². The van der Waals surface area contributed by atoms with Crippen molar-refractivity contribution in [2.45, 2.75) is 95.7 Å². The third kappa shape index (κ3) is 4.48. The molecule has 0 radical (unpaired) electrons. The maximum absolute atomic E-state index is 5.58. The maximum Gasteiger partial charge on any atom is 0.240 e. The predicted molar refractivity (Wildman–Crippen MR) is 101 cm³/mol. The molecule has 1 heterocycles. The smallest absolute Gasteiger partial charge is 0.240 e. The lowest BCUT2D eigenvalue weighted by Gasteiger charge is -2.44. The van der Waals surface area contributed by atoms with Gasteiger partial charge in [-0.2, -0.15) is 4.98 Å². The van der Waals surface area contributed by atoms with Crippen molar-refractivity contribution in [3.05, 3.63) is 11.7 Å². The molecule has 2 atom stereocenters. The Balaban J connectivity index is 1.44. The zero-order valence-electron chi connectivity index (χ0n) is 16.4. The van der Waals surface area contributed by atoms with Gasteiger partial charge in [-0.25, -0.2) is 0 Å². The lowest BCUT2D eigenvalue weighted by atomic mass is 9.70. The van der Waals surface area contributed by atoms with Crippen LogP contribution in [0.2, 0.25) is 0 Å². The van der Waals surface area contributed by atoms with Crippen LogP contribution in [0.1, 0.15) is 82.3 Å². The highest BCUT2D eigenvalue weighted by atomic mass is 16.5. The molecule has 0 amide bonds. The molecule has 3 fully saturated rings. The summed E-state index contributed by atoms with van der Waals surface area (Å²) in [5, 5.41) is 4.15. The Hall–Kier alpha value is -0.940. The maximum atomic E-state index is 5.58. The second kappa shape index (κ2) is 8.83. The summed E-state index contributed by atoms with van der Waals surface area (Å²) in [4.78, 5) is 7.39. The van der Waals surface area contributed by atoms with E-state index in [9.17, 15) is 0 Å². The summed E-state index contributed by atoms with van der Waals surface area (Å²) in [5.41, 5.74) is 0. The van der Waals surface area contributed by atoms with Crippen LogP contribution in [0.25, 0.3) is 0 Å². The molecule has 5 heteroatoms. The third-order valence-electron chi connectivity index (χ3n) is 6.84. The Morgan fingerprint density at radius 2 is 1.77 bits per heavy atom. The van der Waals surface area contributed by atoms with Crippen molar-refractivity contribution < 1.29 is 9.26 Å². The standard InChI is InChI=1S/C21H35N3O2/c1-25-14-13-20-22-21(26-23-20)15-24(17-11-12-17)19-10-6-5-9-18(19)16-7-3-2-4-8-16/h16-19H,2-15H2,1H3/t18-,19-/m0/s1. The minimum Gasteiger partial charge on any atom is -0.384 e. The first kappa shape index (κ1) is 18.4. The number of hydrogen-bond donors (Lipinski definition) is 0. The highest BCUT2D eigenvalue weighted by Crippen LogP contribution is 2.43. The van der Waals surface area contributed by atoms with Gasteiger partial charge in [0.25, 0.3) is 0 Å². The monoisotopic (exact) mass is 361 g/mol. The predicted octanol–water partition coefficient (Wildman–Crippen LogP) is 4.36. The molecule has 146 valence electrons. The van der Waals surface area contributed by atoms with Gasteiger partial charge in [0.05, 0.1) is 13.2 Å². The van der Waals surface area contributed by atoms with Gasteiger partial charge in [0.1, 0.15) is 0 Å². The van der Waals surface area contributed by atoms with Gasteiger partial charge < -0.3 is 9.26 Å². The van der Waals surface area contributed by atoms with Gasteiger partial charge in [0, 0.05) is 25.6 Å². The van der Waals surface area contributed by atoms with Crippen molar-refractivity contribution in [1.82, 2.24) is 15.0 Å². The van der Waals surface area contributed by atoms with Crippen LogP contribution in [0.5, 0.6) is 0 Å². The van der Waals surface area contributed by atoms with Gasteiger partial charge in [-0.15, -0.1) is 0 Å². The van der Waals surface area contributed by atoms with E-state index in [0.717, 1.165) is 48.6 Å². The van der Waals surface area contributed by atoms with Crippen LogP contribution in [-0.2, 0) is 17.7 Å². The first-order valence-corrected chi connectivity index (χ1v) is 10.9. The highest BCUT2D eigenvalue weighted by Gasteiger charge is 2.41. The van der Waals surface area contributed by atoms with Crippen LogP contribution in [0.4, 0.5) is 0 Å². The van der Waals surface area contributed by atoms with Gasteiger partial charge in [0.2, 0.25) is 5.89 Å². The molecule has 1 aromatic heterocycles. The molecule has 3 saturated carbocycles. The minimum atomic E-state index is 0.650. The lowest BCUT2D eigenvalue weighted by Crippen LogP contribution is -2.46. The molecule has 26 heavy (non-hydrogen) atoms. The SMILES string of the molecule is COCCc1noc(CN(C2CC2)[C@H]2CCCC[C@H]2C2CCCCC2)n1. The second-order valence-electron chi connectivity index (χ2n) is 8.66. The van der Waals surface area contributed by atoms with E-state index in [1.54, 1.807) is 7.11 Å². The van der Waals surface area contributed by atoms with Crippen molar-refractivity contribution in [3.63, 3.8) is 0 Å². The number of aromatic nitrogens is 2. The van der Waals surface area contributed by atoms with E-state index in [2.05, 4.69) is 15.0 Å². The third-order valence-corrected chi connectivity index (χ3v) is 6.84. The zero-order valence-corrected chi connectivity index (χ0v) is 16.4. The fourth-order valence-corrected chi connectivity index (χ4v) is 5.39. The molecule has 0 bridgehead atoms. The van der Waals surface area contributed by atoms with E-state index in [1.165, 1.54) is 70.6 Å². The summed E-state index contributed by atoms with van der Waals surface area (Å²) in [6.07, 6.45) is 16.3. The Bertz CT molecular complexity index is 551. The molecule has 0 saturated heterocycles. The van der Waals surface area contributed by atoms with Gasteiger partial charge >= 0.3 is 0 Å². The van der Waals surface area contributed by atoms with Crippen LogP contribution in [0, 0.1) is 11.8 Å². The number of methoxy groups -OCH3 is 1. The average molecular weight is 362 g/mol. The van der Waals surface area contributed by atoms with Crippen molar-refractivity contribution in [1.29, 1.82) is 0 Å². The average Bonchev–Trinajstić information content (AvgIpc) is 3.44. The molecule has 0 aliphatic heterocycles. The molecule has 0 N–H and O–H groups in total. The normalized spacial score (nSPS) is 27.9. The summed E-state index contributed by atoms with van der Waals surface area (Å²) >= 11 is 0. The van der Waals surface area contributed by atoms with Crippen LogP contribution < -0.4 is 0 Å². The molecular weight excluding hydrogens is 326 g/mol. The van der Waals surface area contributed by atoms with E-state index in [-0.39, 0.29) is 0 Å². The largest absolute Gasteiger partial charge is 0.384 e. The molecule has 3 aliphatic carbocycles. The summed E-state index contributed by atoms with van der Waals surface area (Å²) < 4.78 is 10.7. The number of nitrogens with zero attached hydrogens (tertiary/aromatic N) is 3. The molecule has 3 aliphatic rings. The van der Waals surface area contributed by atoms with Crippen LogP contribution in [-0.4, -0.2) is 40.8 Å². The van der Waals surface area contributed by atoms with E-state index < -0.39 is 0 Å². The van der Waals surface area contributed by atoms with Crippen molar-refractivity contribution >= 4 is 0 Å². The van der Waals surface area contributed by atoms with E-state index in [0.29, 0.717) is 6.61 Å². The summed E-state index contributed by atoms with van der Waals surface area (Å²) in [6, 6.07) is 1.48.